The predicted octanol–water partition coefficient (Wildman–Crippen LogP) is 6.13. The normalized spacial score (nSPS) is 16.0. The lowest BCUT2D eigenvalue weighted by Gasteiger charge is -2.26. The molecule has 0 aliphatic heterocycles. The van der Waals surface area contributed by atoms with Crippen LogP contribution in [0.5, 0.6) is 11.5 Å². The van der Waals surface area contributed by atoms with Gasteiger partial charge in [0.15, 0.2) is 0 Å². The molecule has 1 aliphatic rings. The third-order valence-electron chi connectivity index (χ3n) is 5.60. The second-order valence-electron chi connectivity index (χ2n) is 7.87. The van der Waals surface area contributed by atoms with E-state index < -0.39 is 0 Å². The fraction of sp³-hybridized carbons (Fsp3) is 0.480. The second kappa shape index (κ2) is 11.5. The summed E-state index contributed by atoms with van der Waals surface area (Å²) in [4.78, 5) is 5.21. The number of anilines is 2. The Morgan fingerprint density at radius 2 is 1.47 bits per heavy atom. The van der Waals surface area contributed by atoms with Gasteiger partial charge in [-0.25, -0.2) is 0 Å². The quantitative estimate of drug-likeness (QED) is 0.386. The van der Waals surface area contributed by atoms with Crippen LogP contribution in [-0.4, -0.2) is 32.1 Å². The van der Waals surface area contributed by atoms with E-state index in [-0.39, 0.29) is 6.04 Å². The van der Waals surface area contributed by atoms with Gasteiger partial charge in [0, 0.05) is 11.4 Å². The van der Waals surface area contributed by atoms with E-state index in [0.717, 1.165) is 41.6 Å². The number of benzene rings is 2. The molecular formula is C25H35N3O2. The van der Waals surface area contributed by atoms with Gasteiger partial charge in [-0.2, -0.15) is 0 Å². The highest BCUT2D eigenvalue weighted by Crippen LogP contribution is 2.23. The van der Waals surface area contributed by atoms with Crippen LogP contribution < -0.4 is 20.1 Å². The highest BCUT2D eigenvalue weighted by Gasteiger charge is 2.20. The molecule has 0 spiro atoms. The van der Waals surface area contributed by atoms with Crippen LogP contribution in [0.15, 0.2) is 53.5 Å². The van der Waals surface area contributed by atoms with E-state index >= 15 is 0 Å². The zero-order chi connectivity index (χ0) is 21.2. The first kappa shape index (κ1) is 22.0. The molecule has 0 saturated heterocycles. The molecule has 1 aliphatic carbocycles. The standard InChI is InChI=1S/C25H35N3O2/c1-4-8-24(26-20-11-15-22(29-2)16-12-20)25(27-19-9-6-5-7-10-19)28-21-13-17-23(30-3)18-14-21/h11-19,24,26H,4-10H2,1-3H3,(H,27,28). The fourth-order valence-electron chi connectivity index (χ4n) is 3.89. The maximum absolute atomic E-state index is 5.30. The molecule has 0 heterocycles. The van der Waals surface area contributed by atoms with Gasteiger partial charge in [-0.05, 0) is 67.8 Å². The van der Waals surface area contributed by atoms with Crippen molar-refractivity contribution in [3.8, 4) is 11.5 Å². The Labute approximate surface area is 180 Å². The van der Waals surface area contributed by atoms with E-state index in [1.807, 2.05) is 36.4 Å². The summed E-state index contributed by atoms with van der Waals surface area (Å²) in [5.74, 6) is 2.73. The van der Waals surface area contributed by atoms with Crippen LogP contribution in [0.2, 0.25) is 0 Å². The lowest BCUT2D eigenvalue weighted by Crippen LogP contribution is -2.36. The first-order valence-corrected chi connectivity index (χ1v) is 11.1. The third-order valence-corrected chi connectivity index (χ3v) is 5.60. The SMILES string of the molecule is CCCC(Nc1ccc(OC)cc1)C(=NC1CCCCC1)Nc1ccc(OC)cc1. The van der Waals surface area contributed by atoms with Crippen molar-refractivity contribution in [3.05, 3.63) is 48.5 Å². The summed E-state index contributed by atoms with van der Waals surface area (Å²) in [6.45, 7) is 2.22. The van der Waals surface area contributed by atoms with Gasteiger partial charge in [0.05, 0.1) is 26.3 Å². The molecule has 1 saturated carbocycles. The van der Waals surface area contributed by atoms with E-state index in [1.165, 1.54) is 32.1 Å². The molecule has 1 fully saturated rings. The molecule has 5 heteroatoms. The van der Waals surface area contributed by atoms with E-state index in [9.17, 15) is 0 Å². The van der Waals surface area contributed by atoms with Gasteiger partial charge >= 0.3 is 0 Å². The number of methoxy groups -OCH3 is 2. The van der Waals surface area contributed by atoms with Gasteiger partial charge < -0.3 is 20.1 Å². The number of hydrogen-bond acceptors (Lipinski definition) is 4. The topological polar surface area (TPSA) is 54.9 Å². The van der Waals surface area contributed by atoms with Crippen molar-refractivity contribution >= 4 is 17.2 Å². The van der Waals surface area contributed by atoms with E-state index in [2.05, 4.69) is 29.7 Å². The average Bonchev–Trinajstić information content (AvgIpc) is 2.80. The molecule has 1 atom stereocenters. The average molecular weight is 410 g/mol. The predicted molar refractivity (Wildman–Crippen MR) is 126 cm³/mol. The Hall–Kier alpha value is -2.69. The van der Waals surface area contributed by atoms with Crippen molar-refractivity contribution < 1.29 is 9.47 Å². The zero-order valence-electron chi connectivity index (χ0n) is 18.5. The van der Waals surface area contributed by atoms with Crippen LogP contribution in [-0.2, 0) is 0 Å². The minimum atomic E-state index is 0.118. The summed E-state index contributed by atoms with van der Waals surface area (Å²) < 4.78 is 10.6. The van der Waals surface area contributed by atoms with Gasteiger partial charge in [-0.15, -0.1) is 0 Å². The lowest BCUT2D eigenvalue weighted by atomic mass is 9.96. The van der Waals surface area contributed by atoms with Gasteiger partial charge in [0.1, 0.15) is 17.3 Å². The zero-order valence-corrected chi connectivity index (χ0v) is 18.5. The fourth-order valence-corrected chi connectivity index (χ4v) is 3.89. The molecule has 0 aromatic heterocycles. The molecule has 5 nitrogen and oxygen atoms in total. The molecule has 162 valence electrons. The van der Waals surface area contributed by atoms with E-state index in [1.54, 1.807) is 14.2 Å². The number of amidine groups is 1. The minimum absolute atomic E-state index is 0.118. The van der Waals surface area contributed by atoms with Crippen LogP contribution >= 0.6 is 0 Å². The number of nitrogens with one attached hydrogen (secondary N) is 2. The number of ether oxygens (including phenoxy) is 2. The molecule has 1 unspecified atom stereocenters. The molecular weight excluding hydrogens is 374 g/mol. The van der Waals surface area contributed by atoms with Crippen LogP contribution in [0.1, 0.15) is 51.9 Å². The van der Waals surface area contributed by atoms with Crippen molar-refractivity contribution in [3.63, 3.8) is 0 Å². The summed E-state index contributed by atoms with van der Waals surface area (Å²) >= 11 is 0. The summed E-state index contributed by atoms with van der Waals surface area (Å²) in [5, 5.41) is 7.30. The van der Waals surface area contributed by atoms with Crippen LogP contribution in [0.3, 0.4) is 0 Å². The van der Waals surface area contributed by atoms with Crippen molar-refractivity contribution in [2.24, 2.45) is 4.99 Å². The van der Waals surface area contributed by atoms with Crippen molar-refractivity contribution in [1.82, 2.24) is 0 Å². The maximum Gasteiger partial charge on any atom is 0.124 e. The van der Waals surface area contributed by atoms with Gasteiger partial charge in [-0.1, -0.05) is 32.6 Å². The van der Waals surface area contributed by atoms with Crippen LogP contribution in [0, 0.1) is 0 Å². The first-order valence-electron chi connectivity index (χ1n) is 11.1. The molecule has 2 aromatic carbocycles. The molecule has 0 amide bonds. The Morgan fingerprint density at radius 1 is 0.900 bits per heavy atom. The minimum Gasteiger partial charge on any atom is -0.497 e. The monoisotopic (exact) mass is 409 g/mol. The Balaban J connectivity index is 1.83. The van der Waals surface area contributed by atoms with E-state index in [4.69, 9.17) is 14.5 Å². The summed E-state index contributed by atoms with van der Waals surface area (Å²) in [7, 11) is 3.38. The number of rotatable bonds is 9. The van der Waals surface area contributed by atoms with Crippen LogP contribution in [0.25, 0.3) is 0 Å². The largest absolute Gasteiger partial charge is 0.497 e. The van der Waals surface area contributed by atoms with Gasteiger partial charge in [-0.3, -0.25) is 4.99 Å². The smallest absolute Gasteiger partial charge is 0.124 e. The maximum atomic E-state index is 5.30. The highest BCUT2D eigenvalue weighted by molar-refractivity contribution is 6.01. The van der Waals surface area contributed by atoms with Gasteiger partial charge in [0.2, 0.25) is 0 Å². The van der Waals surface area contributed by atoms with Crippen molar-refractivity contribution in [1.29, 1.82) is 0 Å². The number of nitrogens with zero attached hydrogens (tertiary/aromatic N) is 1. The van der Waals surface area contributed by atoms with Crippen LogP contribution in [0.4, 0.5) is 11.4 Å². The molecule has 3 rings (SSSR count). The van der Waals surface area contributed by atoms with Gasteiger partial charge in [0.25, 0.3) is 0 Å². The first-order chi connectivity index (χ1) is 14.7. The third kappa shape index (κ3) is 6.41. The summed E-state index contributed by atoms with van der Waals surface area (Å²) in [6.07, 6.45) is 8.30. The molecule has 0 bridgehead atoms. The van der Waals surface area contributed by atoms with Crippen molar-refractivity contribution in [2.45, 2.75) is 64.0 Å². The second-order valence-corrected chi connectivity index (χ2v) is 7.87. The van der Waals surface area contributed by atoms with E-state index in [0.29, 0.717) is 6.04 Å². The molecule has 2 N–H and O–H groups in total. The Kier molecular flexibility index (Phi) is 8.42. The Morgan fingerprint density at radius 3 is 2.00 bits per heavy atom. The summed E-state index contributed by atoms with van der Waals surface area (Å²) in [5.41, 5.74) is 2.10. The highest BCUT2D eigenvalue weighted by atomic mass is 16.5. The molecule has 30 heavy (non-hydrogen) atoms. The van der Waals surface area contributed by atoms with Crippen molar-refractivity contribution in [2.75, 3.05) is 24.9 Å². The Bertz CT molecular complexity index is 781. The lowest BCUT2D eigenvalue weighted by molar-refractivity contribution is 0.414. The number of hydrogen-bond donors (Lipinski definition) is 2. The summed E-state index contributed by atoms with van der Waals surface area (Å²) in [6, 6.07) is 16.7. The molecule has 2 aromatic rings. The number of aliphatic imine (C=N–C) groups is 1. The molecule has 0 radical (unpaired) electrons.